The predicted molar refractivity (Wildman–Crippen MR) is 82.4 cm³/mol. The summed E-state index contributed by atoms with van der Waals surface area (Å²) in [6, 6.07) is 0.599. The number of aliphatic hydroxyl groups is 1. The molecule has 0 radical (unpaired) electrons. The van der Waals surface area contributed by atoms with Gasteiger partial charge in [0.1, 0.15) is 0 Å². The van der Waals surface area contributed by atoms with E-state index >= 15 is 0 Å². The third-order valence-corrected chi connectivity index (χ3v) is 4.07. The van der Waals surface area contributed by atoms with Crippen molar-refractivity contribution in [3.63, 3.8) is 0 Å². The largest absolute Gasteiger partial charge is 0.395 e. The molecule has 5 heteroatoms. The lowest BCUT2D eigenvalue weighted by Gasteiger charge is -2.39. The van der Waals surface area contributed by atoms with E-state index in [1.165, 1.54) is 0 Å². The molecule has 0 saturated carbocycles. The van der Waals surface area contributed by atoms with Gasteiger partial charge in [0, 0.05) is 37.4 Å². The van der Waals surface area contributed by atoms with Gasteiger partial charge >= 0.3 is 0 Å². The van der Waals surface area contributed by atoms with Crippen molar-refractivity contribution in [2.24, 2.45) is 12.8 Å². The number of hydrogen-bond acceptors (Lipinski definition) is 4. The highest BCUT2D eigenvalue weighted by Gasteiger charge is 2.30. The quantitative estimate of drug-likeness (QED) is 0.723. The van der Waals surface area contributed by atoms with Crippen molar-refractivity contribution in [1.82, 2.24) is 14.7 Å². The highest BCUT2D eigenvalue weighted by atomic mass is 16.3. The average molecular weight is 282 g/mol. The van der Waals surface area contributed by atoms with Crippen LogP contribution in [0.2, 0.25) is 0 Å². The minimum atomic E-state index is 0.0475. The number of hydrogen-bond donors (Lipinski definition) is 2. The van der Waals surface area contributed by atoms with Gasteiger partial charge in [-0.2, -0.15) is 5.10 Å². The molecule has 1 aromatic rings. The maximum atomic E-state index is 9.43. The van der Waals surface area contributed by atoms with E-state index in [1.54, 1.807) is 0 Å². The molecule has 5 nitrogen and oxygen atoms in total. The van der Waals surface area contributed by atoms with Crippen LogP contribution in [-0.4, -0.2) is 45.0 Å². The molecule has 0 aliphatic rings. The highest BCUT2D eigenvalue weighted by molar-refractivity contribution is 5.14. The van der Waals surface area contributed by atoms with Crippen molar-refractivity contribution in [1.29, 1.82) is 0 Å². The van der Waals surface area contributed by atoms with Gasteiger partial charge in [0.05, 0.1) is 18.8 Å². The van der Waals surface area contributed by atoms with E-state index in [0.717, 1.165) is 24.8 Å². The second-order valence-electron chi connectivity index (χ2n) is 5.40. The Morgan fingerprint density at radius 3 is 2.35 bits per heavy atom. The van der Waals surface area contributed by atoms with Gasteiger partial charge in [-0.05, 0) is 19.3 Å². The van der Waals surface area contributed by atoms with E-state index < -0.39 is 0 Å². The summed E-state index contributed by atoms with van der Waals surface area (Å²) in [6.45, 7) is 7.30. The average Bonchev–Trinajstić information content (AvgIpc) is 2.86. The Bertz CT molecular complexity index is 376. The molecule has 0 amide bonds. The fourth-order valence-corrected chi connectivity index (χ4v) is 2.92. The van der Waals surface area contributed by atoms with E-state index in [9.17, 15) is 5.11 Å². The van der Waals surface area contributed by atoms with Crippen molar-refractivity contribution in [3.8, 4) is 0 Å². The number of aryl methyl sites for hydroxylation is 1. The van der Waals surface area contributed by atoms with Crippen LogP contribution >= 0.6 is 0 Å². The maximum absolute atomic E-state index is 9.43. The summed E-state index contributed by atoms with van der Waals surface area (Å²) in [5.74, 6) is 0. The molecule has 2 atom stereocenters. The molecule has 0 fully saturated rings. The SMILES string of the molecule is CCC(N)C(c1cnn(C)c1)N(CCO)C(CC)CC. The van der Waals surface area contributed by atoms with Gasteiger partial charge in [0.2, 0.25) is 0 Å². The molecule has 20 heavy (non-hydrogen) atoms. The summed E-state index contributed by atoms with van der Waals surface area (Å²) >= 11 is 0. The van der Waals surface area contributed by atoms with Gasteiger partial charge in [0.15, 0.2) is 0 Å². The van der Waals surface area contributed by atoms with Crippen LogP contribution < -0.4 is 5.73 Å². The fourth-order valence-electron chi connectivity index (χ4n) is 2.92. The first-order valence-electron chi connectivity index (χ1n) is 7.69. The molecule has 2 unspecified atom stereocenters. The number of nitrogens with zero attached hydrogens (tertiary/aromatic N) is 3. The fraction of sp³-hybridized carbons (Fsp3) is 0.800. The Morgan fingerprint density at radius 1 is 1.30 bits per heavy atom. The lowest BCUT2D eigenvalue weighted by molar-refractivity contribution is 0.0813. The standard InChI is InChI=1S/C15H30N4O/c1-5-13(6-2)19(8-9-20)15(14(16)7-3)12-10-17-18(4)11-12/h10-11,13-15,20H,5-9,16H2,1-4H3. The highest BCUT2D eigenvalue weighted by Crippen LogP contribution is 2.28. The zero-order chi connectivity index (χ0) is 15.1. The van der Waals surface area contributed by atoms with Crippen molar-refractivity contribution < 1.29 is 5.11 Å². The number of rotatable bonds is 9. The summed E-state index contributed by atoms with van der Waals surface area (Å²) in [6.07, 6.45) is 6.95. The van der Waals surface area contributed by atoms with Gasteiger partial charge in [-0.3, -0.25) is 9.58 Å². The molecule has 0 aliphatic heterocycles. The van der Waals surface area contributed by atoms with E-state index in [0.29, 0.717) is 12.6 Å². The molecule has 1 rings (SSSR count). The number of aromatic nitrogens is 2. The number of aliphatic hydroxyl groups excluding tert-OH is 1. The molecule has 116 valence electrons. The molecule has 1 heterocycles. The van der Waals surface area contributed by atoms with Crippen molar-refractivity contribution in [2.45, 2.75) is 58.2 Å². The van der Waals surface area contributed by atoms with E-state index in [2.05, 4.69) is 30.8 Å². The maximum Gasteiger partial charge on any atom is 0.0558 e. The summed E-state index contributed by atoms with van der Waals surface area (Å²) in [7, 11) is 1.92. The Labute approximate surface area is 122 Å². The second kappa shape index (κ2) is 8.39. The van der Waals surface area contributed by atoms with Crippen LogP contribution in [0, 0.1) is 0 Å². The Balaban J connectivity index is 3.10. The van der Waals surface area contributed by atoms with Crippen molar-refractivity contribution >= 4 is 0 Å². The summed E-state index contributed by atoms with van der Waals surface area (Å²) in [5, 5.41) is 13.7. The van der Waals surface area contributed by atoms with Gasteiger partial charge in [-0.1, -0.05) is 20.8 Å². The third-order valence-electron chi connectivity index (χ3n) is 4.07. The number of nitrogens with two attached hydrogens (primary N) is 1. The minimum Gasteiger partial charge on any atom is -0.395 e. The normalized spacial score (nSPS) is 15.0. The molecule has 0 spiro atoms. The Hall–Kier alpha value is -0.910. The van der Waals surface area contributed by atoms with E-state index in [4.69, 9.17) is 5.73 Å². The second-order valence-corrected chi connectivity index (χ2v) is 5.40. The summed E-state index contributed by atoms with van der Waals surface area (Å²) < 4.78 is 1.81. The van der Waals surface area contributed by atoms with Crippen LogP contribution in [-0.2, 0) is 7.05 Å². The van der Waals surface area contributed by atoms with E-state index in [1.807, 2.05) is 24.1 Å². The molecule has 0 saturated heterocycles. The Kier molecular flexibility index (Phi) is 7.19. The summed E-state index contributed by atoms with van der Waals surface area (Å²) in [5.41, 5.74) is 7.52. The van der Waals surface area contributed by atoms with E-state index in [-0.39, 0.29) is 18.7 Å². The zero-order valence-electron chi connectivity index (χ0n) is 13.3. The van der Waals surface area contributed by atoms with Gasteiger partial charge in [0.25, 0.3) is 0 Å². The smallest absolute Gasteiger partial charge is 0.0558 e. The first-order valence-corrected chi connectivity index (χ1v) is 7.69. The monoisotopic (exact) mass is 282 g/mol. The van der Waals surface area contributed by atoms with Gasteiger partial charge < -0.3 is 10.8 Å². The first kappa shape index (κ1) is 17.1. The molecule has 0 bridgehead atoms. The van der Waals surface area contributed by atoms with Crippen LogP contribution in [0.25, 0.3) is 0 Å². The molecule has 0 aromatic carbocycles. The van der Waals surface area contributed by atoms with Crippen LogP contribution in [0.5, 0.6) is 0 Å². The molecule has 3 N–H and O–H groups in total. The van der Waals surface area contributed by atoms with Crippen molar-refractivity contribution in [3.05, 3.63) is 18.0 Å². The van der Waals surface area contributed by atoms with Crippen LogP contribution in [0.4, 0.5) is 0 Å². The first-order chi connectivity index (χ1) is 9.58. The third kappa shape index (κ3) is 4.04. The minimum absolute atomic E-state index is 0.0475. The predicted octanol–water partition coefficient (Wildman–Crippen LogP) is 1.68. The van der Waals surface area contributed by atoms with Crippen LogP contribution in [0.3, 0.4) is 0 Å². The van der Waals surface area contributed by atoms with Crippen LogP contribution in [0.1, 0.15) is 51.6 Å². The molecular formula is C15H30N4O. The topological polar surface area (TPSA) is 67.3 Å². The lowest BCUT2D eigenvalue weighted by Crippen LogP contribution is -2.47. The lowest BCUT2D eigenvalue weighted by atomic mass is 9.95. The Morgan fingerprint density at radius 2 is 1.95 bits per heavy atom. The molecule has 0 aliphatic carbocycles. The summed E-state index contributed by atoms with van der Waals surface area (Å²) in [4.78, 5) is 2.35. The van der Waals surface area contributed by atoms with Crippen LogP contribution in [0.15, 0.2) is 12.4 Å². The van der Waals surface area contributed by atoms with Gasteiger partial charge in [-0.15, -0.1) is 0 Å². The zero-order valence-corrected chi connectivity index (χ0v) is 13.3. The van der Waals surface area contributed by atoms with Gasteiger partial charge in [-0.25, -0.2) is 0 Å². The molecule has 1 aromatic heterocycles. The van der Waals surface area contributed by atoms with Crippen molar-refractivity contribution in [2.75, 3.05) is 13.2 Å². The molecular weight excluding hydrogens is 252 g/mol.